The molecule has 3 aromatic rings. The van der Waals surface area contributed by atoms with Crippen LogP contribution in [0.1, 0.15) is 26.2 Å². The van der Waals surface area contributed by atoms with Crippen LogP contribution in [0, 0.1) is 0 Å². The first-order valence-corrected chi connectivity index (χ1v) is 9.49. The van der Waals surface area contributed by atoms with Gasteiger partial charge in [0.2, 0.25) is 5.82 Å². The Kier molecular flexibility index (Phi) is 5.20. The van der Waals surface area contributed by atoms with E-state index in [9.17, 15) is 0 Å². The van der Waals surface area contributed by atoms with Crippen LogP contribution in [0.25, 0.3) is 22.8 Å². The maximum Gasteiger partial charge on any atom is 0.262 e. The number of piperidine rings is 1. The molecule has 0 bridgehead atoms. The smallest absolute Gasteiger partial charge is 0.262 e. The largest absolute Gasteiger partial charge is 0.491 e. The number of benzene rings is 1. The Morgan fingerprint density at radius 1 is 1.26 bits per heavy atom. The molecule has 0 radical (unpaired) electrons. The van der Waals surface area contributed by atoms with Gasteiger partial charge in [0, 0.05) is 25.8 Å². The fourth-order valence-corrected chi connectivity index (χ4v) is 3.52. The van der Waals surface area contributed by atoms with Gasteiger partial charge in [-0.1, -0.05) is 23.7 Å². The van der Waals surface area contributed by atoms with Crippen LogP contribution in [-0.4, -0.2) is 50.6 Å². The van der Waals surface area contributed by atoms with Crippen molar-refractivity contribution in [3.63, 3.8) is 0 Å². The molecule has 1 aliphatic heterocycles. The Morgan fingerprint density at radius 3 is 2.96 bits per heavy atom. The summed E-state index contributed by atoms with van der Waals surface area (Å²) in [6.45, 7) is 5.03. The van der Waals surface area contributed by atoms with Gasteiger partial charge in [0.05, 0.1) is 17.3 Å². The third-order valence-electron chi connectivity index (χ3n) is 5.08. The van der Waals surface area contributed by atoms with Crippen LogP contribution in [0.2, 0.25) is 0 Å². The zero-order valence-corrected chi connectivity index (χ0v) is 15.8. The van der Waals surface area contributed by atoms with E-state index < -0.39 is 0 Å². The van der Waals surface area contributed by atoms with Crippen molar-refractivity contribution in [3.8, 4) is 28.6 Å². The van der Waals surface area contributed by atoms with Crippen LogP contribution in [-0.2, 0) is 7.05 Å². The topological polar surface area (TPSA) is 69.2 Å². The minimum atomic E-state index is 0.454. The molecule has 27 heavy (non-hydrogen) atoms. The Balaban J connectivity index is 1.46. The Bertz CT molecular complexity index is 888. The second kappa shape index (κ2) is 7.92. The van der Waals surface area contributed by atoms with Crippen LogP contribution < -0.4 is 4.74 Å². The summed E-state index contributed by atoms with van der Waals surface area (Å²) in [7, 11) is 1.86. The van der Waals surface area contributed by atoms with E-state index in [1.165, 1.54) is 19.3 Å². The van der Waals surface area contributed by atoms with Gasteiger partial charge < -0.3 is 9.26 Å². The average molecular weight is 367 g/mol. The van der Waals surface area contributed by atoms with Crippen molar-refractivity contribution in [3.05, 3.63) is 36.7 Å². The molecule has 1 aliphatic rings. The molecule has 4 rings (SSSR count). The first-order valence-electron chi connectivity index (χ1n) is 9.49. The average Bonchev–Trinajstić information content (AvgIpc) is 3.33. The molecule has 7 heteroatoms. The summed E-state index contributed by atoms with van der Waals surface area (Å²) >= 11 is 0. The van der Waals surface area contributed by atoms with E-state index in [2.05, 4.69) is 27.1 Å². The number of hydrogen-bond acceptors (Lipinski definition) is 6. The molecule has 0 aliphatic carbocycles. The van der Waals surface area contributed by atoms with Gasteiger partial charge in [-0.15, -0.1) is 0 Å². The molecule has 1 aromatic carbocycles. The molecule has 3 heterocycles. The van der Waals surface area contributed by atoms with Crippen molar-refractivity contribution >= 4 is 0 Å². The van der Waals surface area contributed by atoms with Crippen molar-refractivity contribution in [1.29, 1.82) is 0 Å². The quantitative estimate of drug-likeness (QED) is 0.665. The minimum absolute atomic E-state index is 0.454. The van der Waals surface area contributed by atoms with E-state index in [1.807, 2.05) is 37.5 Å². The zero-order chi connectivity index (χ0) is 18.6. The normalized spacial score (nSPS) is 17.9. The van der Waals surface area contributed by atoms with Crippen LogP contribution in [0.3, 0.4) is 0 Å². The number of hydrogen-bond donors (Lipinski definition) is 0. The first-order chi connectivity index (χ1) is 13.2. The highest BCUT2D eigenvalue weighted by Crippen LogP contribution is 2.30. The second-order valence-corrected chi connectivity index (χ2v) is 7.05. The minimum Gasteiger partial charge on any atom is -0.491 e. The fourth-order valence-electron chi connectivity index (χ4n) is 3.52. The molecule has 2 aromatic heterocycles. The van der Waals surface area contributed by atoms with Gasteiger partial charge in [-0.2, -0.15) is 10.1 Å². The van der Waals surface area contributed by atoms with Crippen LogP contribution >= 0.6 is 0 Å². The summed E-state index contributed by atoms with van der Waals surface area (Å²) in [5.74, 6) is 1.74. The van der Waals surface area contributed by atoms with Gasteiger partial charge in [0.25, 0.3) is 5.89 Å². The summed E-state index contributed by atoms with van der Waals surface area (Å²) in [6, 6.07) is 8.43. The lowest BCUT2D eigenvalue weighted by molar-refractivity contribution is 0.133. The first kappa shape index (κ1) is 17.7. The number of rotatable bonds is 6. The molecule has 0 amide bonds. The van der Waals surface area contributed by atoms with Gasteiger partial charge in [-0.05, 0) is 38.4 Å². The Morgan fingerprint density at radius 2 is 2.15 bits per heavy atom. The lowest BCUT2D eigenvalue weighted by Gasteiger charge is -2.33. The van der Waals surface area contributed by atoms with Crippen molar-refractivity contribution in [2.45, 2.75) is 32.2 Å². The number of nitrogens with zero attached hydrogens (tertiary/aromatic N) is 5. The van der Waals surface area contributed by atoms with Gasteiger partial charge >= 0.3 is 0 Å². The SMILES string of the molecule is CC1CCCCN1CCOc1ccccc1-c1nc(-c2cnn(C)c2)no1. The van der Waals surface area contributed by atoms with Crippen molar-refractivity contribution in [1.82, 2.24) is 24.8 Å². The van der Waals surface area contributed by atoms with E-state index in [0.29, 0.717) is 24.4 Å². The van der Waals surface area contributed by atoms with Gasteiger partial charge in [-0.25, -0.2) is 0 Å². The van der Waals surface area contributed by atoms with Crippen LogP contribution in [0.5, 0.6) is 5.75 Å². The molecule has 0 spiro atoms. The van der Waals surface area contributed by atoms with Gasteiger partial charge in [0.1, 0.15) is 12.4 Å². The van der Waals surface area contributed by atoms with E-state index in [0.717, 1.165) is 30.0 Å². The molecule has 1 fully saturated rings. The lowest BCUT2D eigenvalue weighted by atomic mass is 10.0. The number of para-hydroxylation sites is 1. The predicted octanol–water partition coefficient (Wildman–Crippen LogP) is 3.39. The maximum atomic E-state index is 6.08. The van der Waals surface area contributed by atoms with Crippen LogP contribution in [0.15, 0.2) is 41.2 Å². The fraction of sp³-hybridized carbons (Fsp3) is 0.450. The predicted molar refractivity (Wildman–Crippen MR) is 102 cm³/mol. The van der Waals surface area contributed by atoms with Crippen molar-refractivity contribution in [2.75, 3.05) is 19.7 Å². The Labute approximate surface area is 158 Å². The van der Waals surface area contributed by atoms with E-state index in [1.54, 1.807) is 10.9 Å². The van der Waals surface area contributed by atoms with Crippen molar-refractivity contribution < 1.29 is 9.26 Å². The van der Waals surface area contributed by atoms with Gasteiger partial charge in [-0.3, -0.25) is 9.58 Å². The third-order valence-corrected chi connectivity index (χ3v) is 5.08. The number of aryl methyl sites for hydroxylation is 1. The number of aromatic nitrogens is 4. The lowest BCUT2D eigenvalue weighted by Crippen LogP contribution is -2.39. The standard InChI is InChI=1S/C20H25N5O2/c1-15-7-5-6-10-25(15)11-12-26-18-9-4-3-8-17(18)20-22-19(23-27-20)16-13-21-24(2)14-16/h3-4,8-9,13-15H,5-7,10-12H2,1-2H3. The molecular weight excluding hydrogens is 342 g/mol. The Hall–Kier alpha value is -2.67. The van der Waals surface area contributed by atoms with E-state index in [4.69, 9.17) is 9.26 Å². The van der Waals surface area contributed by atoms with E-state index in [-0.39, 0.29) is 0 Å². The molecule has 1 atom stereocenters. The molecule has 0 N–H and O–H groups in total. The summed E-state index contributed by atoms with van der Waals surface area (Å²) in [5, 5.41) is 8.23. The van der Waals surface area contributed by atoms with Crippen LogP contribution in [0.4, 0.5) is 0 Å². The molecule has 1 saturated heterocycles. The highest BCUT2D eigenvalue weighted by Gasteiger charge is 2.19. The molecule has 0 saturated carbocycles. The summed E-state index contributed by atoms with van der Waals surface area (Å²) in [5.41, 5.74) is 1.64. The molecular formula is C20H25N5O2. The molecule has 1 unspecified atom stereocenters. The van der Waals surface area contributed by atoms with Crippen molar-refractivity contribution in [2.24, 2.45) is 7.05 Å². The second-order valence-electron chi connectivity index (χ2n) is 7.05. The van der Waals surface area contributed by atoms with Gasteiger partial charge in [0.15, 0.2) is 0 Å². The molecule has 142 valence electrons. The zero-order valence-electron chi connectivity index (χ0n) is 15.8. The summed E-state index contributed by atoms with van der Waals surface area (Å²) in [6.07, 6.45) is 7.46. The number of likely N-dealkylation sites (tertiary alicyclic amines) is 1. The third kappa shape index (κ3) is 4.03. The summed E-state index contributed by atoms with van der Waals surface area (Å²) in [4.78, 5) is 7.01. The highest BCUT2D eigenvalue weighted by atomic mass is 16.5. The summed E-state index contributed by atoms with van der Waals surface area (Å²) < 4.78 is 13.3. The monoisotopic (exact) mass is 367 g/mol. The van der Waals surface area contributed by atoms with E-state index >= 15 is 0 Å². The maximum absolute atomic E-state index is 6.08. The number of ether oxygens (including phenoxy) is 1. The highest BCUT2D eigenvalue weighted by molar-refractivity contribution is 5.64. The molecule has 7 nitrogen and oxygen atoms in total.